The normalized spacial score (nSPS) is 14.6. The third kappa shape index (κ3) is 5.57. The Balaban J connectivity index is 1.79. The van der Waals surface area contributed by atoms with Gasteiger partial charge in [-0.25, -0.2) is 0 Å². The molecule has 0 bridgehead atoms. The molecule has 1 aliphatic rings. The van der Waals surface area contributed by atoms with E-state index in [1.165, 1.54) is 11.3 Å². The third-order valence-corrected chi connectivity index (χ3v) is 7.13. The summed E-state index contributed by atoms with van der Waals surface area (Å²) in [4.78, 5) is 30.0. The van der Waals surface area contributed by atoms with Crippen LogP contribution in [0.3, 0.4) is 0 Å². The number of halogens is 1. The van der Waals surface area contributed by atoms with E-state index in [-0.39, 0.29) is 24.3 Å². The minimum atomic E-state index is -0.904. The summed E-state index contributed by atoms with van der Waals surface area (Å²) in [5, 5.41) is 5.56. The van der Waals surface area contributed by atoms with E-state index < -0.39 is 6.04 Å². The summed E-state index contributed by atoms with van der Waals surface area (Å²) >= 11 is 8.09. The number of carbonyl (C=O) groups excluding carboxylic acids is 2. The number of thiophene rings is 1. The Kier molecular flexibility index (Phi) is 7.68. The molecule has 2 aromatic carbocycles. The number of hydrogen-bond donors (Lipinski definition) is 1. The molecule has 0 unspecified atom stereocenters. The maximum Gasteiger partial charge on any atom is 0.248 e. The summed E-state index contributed by atoms with van der Waals surface area (Å²) in [7, 11) is 1.58. The summed E-state index contributed by atoms with van der Waals surface area (Å²) in [5.41, 5.74) is 1.18. The summed E-state index contributed by atoms with van der Waals surface area (Å²) in [5.74, 6) is 0.199. The van der Waals surface area contributed by atoms with Gasteiger partial charge in [0, 0.05) is 33.3 Å². The molecule has 1 saturated carbocycles. The summed E-state index contributed by atoms with van der Waals surface area (Å²) in [6, 6.07) is 17.5. The molecule has 1 atom stereocenters. The number of rotatable bonds is 8. The van der Waals surface area contributed by atoms with Gasteiger partial charge in [-0.15, -0.1) is 11.3 Å². The van der Waals surface area contributed by atoms with Crippen LogP contribution < -0.4 is 15.0 Å². The lowest BCUT2D eigenvalue weighted by atomic mass is 10.0. The second-order valence-electron chi connectivity index (χ2n) is 8.14. The average molecular weight is 483 g/mol. The van der Waals surface area contributed by atoms with Crippen LogP contribution in [0.25, 0.3) is 0 Å². The van der Waals surface area contributed by atoms with E-state index in [4.69, 9.17) is 16.3 Å². The molecule has 1 aliphatic carbocycles. The highest BCUT2D eigenvalue weighted by Crippen LogP contribution is 2.35. The highest BCUT2D eigenvalue weighted by molar-refractivity contribution is 7.10. The molecule has 1 aromatic heterocycles. The topological polar surface area (TPSA) is 58.6 Å². The van der Waals surface area contributed by atoms with Gasteiger partial charge >= 0.3 is 0 Å². The first-order valence-electron chi connectivity index (χ1n) is 11.1. The third-order valence-electron chi connectivity index (χ3n) is 5.91. The predicted molar refractivity (Wildman–Crippen MR) is 133 cm³/mol. The van der Waals surface area contributed by atoms with E-state index in [2.05, 4.69) is 5.32 Å². The van der Waals surface area contributed by atoms with Crippen molar-refractivity contribution in [2.75, 3.05) is 12.0 Å². The first kappa shape index (κ1) is 23.3. The molecule has 1 fully saturated rings. The number of carbonyl (C=O) groups is 2. The Labute approximate surface area is 203 Å². The van der Waals surface area contributed by atoms with Crippen molar-refractivity contribution in [2.45, 2.75) is 44.2 Å². The van der Waals surface area contributed by atoms with E-state index in [9.17, 15) is 9.59 Å². The molecule has 0 radical (unpaired) electrons. The standard InChI is InChI=1S/C26H27ClN2O3S/c1-32-20-11-6-10-19(16-20)29(24(30)17-21-12-7-15-33-21)25(22-13-4-5-14-23(22)27)26(31)28-18-8-2-3-9-18/h4-7,10-16,18,25H,2-3,8-9,17H2,1H3,(H,28,31)/t25-/m0/s1. The largest absolute Gasteiger partial charge is 0.497 e. The van der Waals surface area contributed by atoms with Gasteiger partial charge in [-0.3, -0.25) is 14.5 Å². The van der Waals surface area contributed by atoms with Gasteiger partial charge in [0.05, 0.1) is 13.5 Å². The molecule has 0 spiro atoms. The van der Waals surface area contributed by atoms with Gasteiger partial charge in [-0.1, -0.05) is 54.8 Å². The van der Waals surface area contributed by atoms with Crippen LogP contribution in [0, 0.1) is 0 Å². The van der Waals surface area contributed by atoms with E-state index in [1.54, 1.807) is 24.1 Å². The van der Waals surface area contributed by atoms with Crippen molar-refractivity contribution in [3.8, 4) is 5.75 Å². The molecule has 3 aromatic rings. The lowest BCUT2D eigenvalue weighted by molar-refractivity contribution is -0.127. The fourth-order valence-corrected chi connectivity index (χ4v) is 5.22. The maximum absolute atomic E-state index is 13.7. The Morgan fingerprint density at radius 2 is 1.91 bits per heavy atom. The second kappa shape index (κ2) is 10.9. The van der Waals surface area contributed by atoms with Gasteiger partial charge < -0.3 is 10.1 Å². The molecule has 0 saturated heterocycles. The molecule has 2 amide bonds. The molecule has 1 heterocycles. The van der Waals surface area contributed by atoms with Crippen LogP contribution in [0.4, 0.5) is 5.69 Å². The van der Waals surface area contributed by atoms with Gasteiger partial charge in [0.15, 0.2) is 0 Å². The molecular formula is C26H27ClN2O3S. The lowest BCUT2D eigenvalue weighted by Crippen LogP contribution is -2.47. The molecule has 5 nitrogen and oxygen atoms in total. The van der Waals surface area contributed by atoms with Gasteiger partial charge in [-0.05, 0) is 42.5 Å². The fourth-order valence-electron chi connectivity index (χ4n) is 4.29. The number of hydrogen-bond acceptors (Lipinski definition) is 4. The van der Waals surface area contributed by atoms with Crippen molar-refractivity contribution in [1.29, 1.82) is 0 Å². The number of amides is 2. The molecule has 1 N–H and O–H groups in total. The van der Waals surface area contributed by atoms with E-state index >= 15 is 0 Å². The number of anilines is 1. The van der Waals surface area contributed by atoms with Crippen LogP contribution in [0.2, 0.25) is 5.02 Å². The molecule has 4 rings (SSSR count). The van der Waals surface area contributed by atoms with Crippen molar-refractivity contribution >= 4 is 40.4 Å². The van der Waals surface area contributed by atoms with Crippen molar-refractivity contribution in [1.82, 2.24) is 5.32 Å². The van der Waals surface area contributed by atoms with Gasteiger partial charge in [0.2, 0.25) is 11.8 Å². The van der Waals surface area contributed by atoms with Crippen LogP contribution in [-0.2, 0) is 16.0 Å². The minimum Gasteiger partial charge on any atom is -0.497 e. The molecular weight excluding hydrogens is 456 g/mol. The molecule has 172 valence electrons. The zero-order chi connectivity index (χ0) is 23.2. The average Bonchev–Trinajstić information content (AvgIpc) is 3.52. The van der Waals surface area contributed by atoms with Crippen LogP contribution in [0.15, 0.2) is 66.0 Å². The number of nitrogens with zero attached hydrogens (tertiary/aromatic N) is 1. The Morgan fingerprint density at radius 3 is 2.61 bits per heavy atom. The van der Waals surface area contributed by atoms with E-state index in [0.717, 1.165) is 30.6 Å². The fraction of sp³-hybridized carbons (Fsp3) is 0.308. The smallest absolute Gasteiger partial charge is 0.248 e. The SMILES string of the molecule is COc1cccc(N(C(=O)Cc2cccs2)[C@H](C(=O)NC2CCCC2)c2ccccc2Cl)c1. The first-order valence-corrected chi connectivity index (χ1v) is 12.4. The Morgan fingerprint density at radius 1 is 1.12 bits per heavy atom. The van der Waals surface area contributed by atoms with Crippen LogP contribution in [0.5, 0.6) is 5.75 Å². The van der Waals surface area contributed by atoms with Gasteiger partial charge in [0.1, 0.15) is 11.8 Å². The highest BCUT2D eigenvalue weighted by Gasteiger charge is 2.35. The lowest BCUT2D eigenvalue weighted by Gasteiger charge is -2.33. The van der Waals surface area contributed by atoms with E-state index in [0.29, 0.717) is 22.0 Å². The highest BCUT2D eigenvalue weighted by atomic mass is 35.5. The summed E-state index contributed by atoms with van der Waals surface area (Å²) < 4.78 is 5.41. The van der Waals surface area contributed by atoms with Gasteiger partial charge in [-0.2, -0.15) is 0 Å². The molecule has 7 heteroatoms. The zero-order valence-electron chi connectivity index (χ0n) is 18.5. The molecule has 33 heavy (non-hydrogen) atoms. The minimum absolute atomic E-state index is 0.113. The van der Waals surface area contributed by atoms with Crippen molar-refractivity contribution < 1.29 is 14.3 Å². The van der Waals surface area contributed by atoms with Gasteiger partial charge in [0.25, 0.3) is 0 Å². The van der Waals surface area contributed by atoms with Crippen molar-refractivity contribution in [3.05, 3.63) is 81.5 Å². The molecule has 0 aliphatic heterocycles. The van der Waals surface area contributed by atoms with Crippen LogP contribution >= 0.6 is 22.9 Å². The monoisotopic (exact) mass is 482 g/mol. The van der Waals surface area contributed by atoms with Crippen LogP contribution in [0.1, 0.15) is 42.2 Å². The quantitative estimate of drug-likeness (QED) is 0.442. The van der Waals surface area contributed by atoms with Crippen molar-refractivity contribution in [2.24, 2.45) is 0 Å². The van der Waals surface area contributed by atoms with E-state index in [1.807, 2.05) is 53.9 Å². The number of nitrogens with one attached hydrogen (secondary N) is 1. The summed E-state index contributed by atoms with van der Waals surface area (Å²) in [6.07, 6.45) is 4.27. The predicted octanol–water partition coefficient (Wildman–Crippen LogP) is 5.79. The van der Waals surface area contributed by atoms with Crippen molar-refractivity contribution in [3.63, 3.8) is 0 Å². The Hall–Kier alpha value is -2.83. The number of ether oxygens (including phenoxy) is 1. The second-order valence-corrected chi connectivity index (χ2v) is 9.57. The first-order chi connectivity index (χ1) is 16.1. The Bertz CT molecular complexity index is 1100. The summed E-state index contributed by atoms with van der Waals surface area (Å²) in [6.45, 7) is 0. The number of methoxy groups -OCH3 is 1. The van der Waals surface area contributed by atoms with Crippen LogP contribution in [-0.4, -0.2) is 25.0 Å². The number of benzene rings is 2. The maximum atomic E-state index is 13.7. The zero-order valence-corrected chi connectivity index (χ0v) is 20.1.